The Balaban J connectivity index is 1.75. The summed E-state index contributed by atoms with van der Waals surface area (Å²) in [5.41, 5.74) is 3.74. The fraction of sp³-hybridized carbons (Fsp3) is 0.200. The van der Waals surface area contributed by atoms with Crippen molar-refractivity contribution in [1.29, 1.82) is 0 Å². The maximum Gasteiger partial charge on any atom is 0.169 e. The molecule has 2 aliphatic rings. The van der Waals surface area contributed by atoms with Gasteiger partial charge in [-0.25, -0.2) is 4.99 Å². The molecule has 0 spiro atoms. The van der Waals surface area contributed by atoms with E-state index in [-0.39, 0.29) is 0 Å². The third-order valence-electron chi connectivity index (χ3n) is 3.57. The number of amidine groups is 1. The van der Waals surface area contributed by atoms with Crippen molar-refractivity contribution in [2.45, 2.75) is 12.5 Å². The third-order valence-corrected chi connectivity index (χ3v) is 4.67. The Labute approximate surface area is 116 Å². The third kappa shape index (κ3) is 1.83. The van der Waals surface area contributed by atoms with E-state index in [4.69, 9.17) is 4.99 Å². The minimum Gasteiger partial charge on any atom is -0.316 e. The van der Waals surface area contributed by atoms with Gasteiger partial charge in [0.05, 0.1) is 5.69 Å². The van der Waals surface area contributed by atoms with Crippen molar-refractivity contribution in [3.05, 3.63) is 54.4 Å². The van der Waals surface area contributed by atoms with Crippen LogP contribution in [0.1, 0.15) is 5.56 Å². The lowest BCUT2D eigenvalue weighted by atomic mass is 10.1. The van der Waals surface area contributed by atoms with Crippen molar-refractivity contribution in [2.24, 2.45) is 4.99 Å². The molecule has 0 aliphatic carbocycles. The normalized spacial score (nSPS) is 22.6. The zero-order valence-electron chi connectivity index (χ0n) is 10.4. The Kier molecular flexibility index (Phi) is 2.55. The number of aromatic nitrogens is 1. The average molecular weight is 267 g/mol. The van der Waals surface area contributed by atoms with E-state index in [9.17, 15) is 0 Å². The van der Waals surface area contributed by atoms with E-state index < -0.39 is 0 Å². The number of anilines is 1. The molecular weight excluding hydrogens is 254 g/mol. The van der Waals surface area contributed by atoms with Crippen molar-refractivity contribution < 1.29 is 0 Å². The van der Waals surface area contributed by atoms with Gasteiger partial charge in [0.1, 0.15) is 0 Å². The van der Waals surface area contributed by atoms with Crippen molar-refractivity contribution in [3.8, 4) is 0 Å². The van der Waals surface area contributed by atoms with Gasteiger partial charge in [-0.2, -0.15) is 0 Å². The van der Waals surface area contributed by atoms with Crippen LogP contribution in [-0.4, -0.2) is 21.9 Å². The number of fused-ring (bicyclic) bond motifs is 3. The van der Waals surface area contributed by atoms with Gasteiger partial charge < -0.3 is 4.90 Å². The first kappa shape index (κ1) is 11.1. The standard InChI is InChI=1S/C15H13N3S/c1-2-4-14-11(3-1)9-13-10-19-15(18(13)14)17-12-5-7-16-8-6-12/h1-8,13H,9-10H2. The summed E-state index contributed by atoms with van der Waals surface area (Å²) in [6.07, 6.45) is 4.71. The quantitative estimate of drug-likeness (QED) is 0.794. The summed E-state index contributed by atoms with van der Waals surface area (Å²) >= 11 is 1.85. The fourth-order valence-corrected chi connectivity index (χ4v) is 3.87. The molecule has 2 aromatic rings. The van der Waals surface area contributed by atoms with Gasteiger partial charge in [0, 0.05) is 29.9 Å². The minimum atomic E-state index is 0.572. The van der Waals surface area contributed by atoms with Crippen LogP contribution in [0.2, 0.25) is 0 Å². The summed E-state index contributed by atoms with van der Waals surface area (Å²) in [6, 6.07) is 13.1. The largest absolute Gasteiger partial charge is 0.316 e. The van der Waals surface area contributed by atoms with Crippen molar-refractivity contribution in [2.75, 3.05) is 10.7 Å². The number of nitrogens with zero attached hydrogens (tertiary/aromatic N) is 3. The number of pyridine rings is 1. The number of thioether (sulfide) groups is 1. The van der Waals surface area contributed by atoms with Gasteiger partial charge in [0.2, 0.25) is 0 Å². The Morgan fingerprint density at radius 1 is 1.16 bits per heavy atom. The SMILES string of the molecule is c1ccc2c(c1)CC1CSC(=Nc3ccncc3)N21. The Morgan fingerprint density at radius 3 is 2.89 bits per heavy atom. The highest BCUT2D eigenvalue weighted by molar-refractivity contribution is 8.14. The molecule has 4 rings (SSSR count). The number of benzene rings is 1. The number of aliphatic imine (C=N–C) groups is 1. The van der Waals surface area contributed by atoms with Gasteiger partial charge in [-0.15, -0.1) is 0 Å². The molecule has 3 nitrogen and oxygen atoms in total. The van der Waals surface area contributed by atoms with Crippen LogP contribution in [0.25, 0.3) is 0 Å². The molecule has 3 heterocycles. The highest BCUT2D eigenvalue weighted by atomic mass is 32.2. The molecule has 1 aromatic heterocycles. The predicted octanol–water partition coefficient (Wildman–Crippen LogP) is 3.25. The lowest BCUT2D eigenvalue weighted by Gasteiger charge is -2.18. The molecule has 19 heavy (non-hydrogen) atoms. The van der Waals surface area contributed by atoms with Crippen LogP contribution < -0.4 is 4.90 Å². The average Bonchev–Trinajstić information content (AvgIpc) is 3.00. The first-order valence-corrected chi connectivity index (χ1v) is 7.39. The highest BCUT2D eigenvalue weighted by Crippen LogP contribution is 2.40. The van der Waals surface area contributed by atoms with Gasteiger partial charge in [-0.1, -0.05) is 30.0 Å². The maximum absolute atomic E-state index is 4.77. The van der Waals surface area contributed by atoms with E-state index in [0.717, 1.165) is 23.0 Å². The van der Waals surface area contributed by atoms with Crippen LogP contribution in [0.3, 0.4) is 0 Å². The zero-order valence-corrected chi connectivity index (χ0v) is 11.2. The van der Waals surface area contributed by atoms with E-state index in [0.29, 0.717) is 6.04 Å². The van der Waals surface area contributed by atoms with Crippen molar-refractivity contribution >= 4 is 28.3 Å². The second kappa shape index (κ2) is 4.38. The second-order valence-corrected chi connectivity index (χ2v) is 5.75. The molecular formula is C15H13N3S. The Bertz CT molecular complexity index is 639. The van der Waals surface area contributed by atoms with Gasteiger partial charge in [0.25, 0.3) is 0 Å². The van der Waals surface area contributed by atoms with Gasteiger partial charge in [-0.3, -0.25) is 4.98 Å². The predicted molar refractivity (Wildman–Crippen MR) is 80.2 cm³/mol. The van der Waals surface area contributed by atoms with Gasteiger partial charge >= 0.3 is 0 Å². The molecule has 1 aromatic carbocycles. The van der Waals surface area contributed by atoms with Gasteiger partial charge in [0.15, 0.2) is 5.17 Å². The zero-order chi connectivity index (χ0) is 12.7. The van der Waals surface area contributed by atoms with E-state index >= 15 is 0 Å². The van der Waals surface area contributed by atoms with Gasteiger partial charge in [-0.05, 0) is 30.2 Å². The molecule has 1 saturated heterocycles. The Morgan fingerprint density at radius 2 is 2.00 bits per heavy atom. The Hall–Kier alpha value is -1.81. The van der Waals surface area contributed by atoms with E-state index in [1.165, 1.54) is 11.3 Å². The minimum absolute atomic E-state index is 0.572. The first-order valence-electron chi connectivity index (χ1n) is 6.40. The van der Waals surface area contributed by atoms with Crippen LogP contribution in [0.4, 0.5) is 11.4 Å². The topological polar surface area (TPSA) is 28.5 Å². The van der Waals surface area contributed by atoms with Crippen LogP contribution in [-0.2, 0) is 6.42 Å². The van der Waals surface area contributed by atoms with Crippen LogP contribution in [0.15, 0.2) is 53.8 Å². The van der Waals surface area contributed by atoms with Crippen LogP contribution in [0, 0.1) is 0 Å². The molecule has 0 N–H and O–H groups in total. The molecule has 0 saturated carbocycles. The summed E-state index contributed by atoms with van der Waals surface area (Å²) in [4.78, 5) is 11.2. The summed E-state index contributed by atoms with van der Waals surface area (Å²) in [5.74, 6) is 1.12. The molecule has 4 heteroatoms. The molecule has 2 aliphatic heterocycles. The van der Waals surface area contributed by atoms with Crippen LogP contribution >= 0.6 is 11.8 Å². The molecule has 0 radical (unpaired) electrons. The summed E-state index contributed by atoms with van der Waals surface area (Å²) in [6.45, 7) is 0. The fourth-order valence-electron chi connectivity index (χ4n) is 2.71. The lowest BCUT2D eigenvalue weighted by Crippen LogP contribution is -2.29. The van der Waals surface area contributed by atoms with Crippen molar-refractivity contribution in [3.63, 3.8) is 0 Å². The smallest absolute Gasteiger partial charge is 0.169 e. The highest BCUT2D eigenvalue weighted by Gasteiger charge is 2.37. The van der Waals surface area contributed by atoms with Crippen LogP contribution in [0.5, 0.6) is 0 Å². The van der Waals surface area contributed by atoms with E-state index in [2.05, 4.69) is 34.1 Å². The second-order valence-electron chi connectivity index (χ2n) is 4.77. The number of rotatable bonds is 1. The molecule has 1 unspecified atom stereocenters. The molecule has 1 atom stereocenters. The molecule has 0 amide bonds. The summed E-state index contributed by atoms with van der Waals surface area (Å²) in [7, 11) is 0. The molecule has 94 valence electrons. The maximum atomic E-state index is 4.77. The van der Waals surface area contributed by atoms with E-state index in [1.807, 2.05) is 23.9 Å². The summed E-state index contributed by atoms with van der Waals surface area (Å²) in [5, 5.41) is 1.11. The van der Waals surface area contributed by atoms with Crippen molar-refractivity contribution in [1.82, 2.24) is 4.98 Å². The molecule has 0 bridgehead atoms. The number of hydrogen-bond acceptors (Lipinski definition) is 3. The number of para-hydroxylation sites is 1. The lowest BCUT2D eigenvalue weighted by molar-refractivity contribution is 0.801. The monoisotopic (exact) mass is 267 g/mol. The summed E-state index contributed by atoms with van der Waals surface area (Å²) < 4.78 is 0. The first-order chi connectivity index (χ1) is 9.42. The molecule has 1 fully saturated rings. The van der Waals surface area contributed by atoms with E-state index in [1.54, 1.807) is 12.4 Å². The number of hydrogen-bond donors (Lipinski definition) is 0.